The molecule has 1 amide bonds. The standard InChI is InChI=1S/C23H23N3O5S/c1-14-5-6-15(2)19(9-14)31-13-17-10-16(7-8-18(17)29-3)12-24-26-23-25-22(28)20(32-23)11-21(27)30-4/h5-12H,13H2,1-4H3,(H,25,26,28)/b20-11+,24-12?. The van der Waals surface area contributed by atoms with Crippen LogP contribution in [0.1, 0.15) is 22.3 Å². The Labute approximate surface area is 190 Å². The van der Waals surface area contributed by atoms with Gasteiger partial charge in [-0.2, -0.15) is 5.10 Å². The summed E-state index contributed by atoms with van der Waals surface area (Å²) in [7, 11) is 2.85. The number of thioether (sulfide) groups is 1. The Morgan fingerprint density at radius 2 is 1.94 bits per heavy atom. The Hall–Kier alpha value is -3.59. The molecule has 9 heteroatoms. The van der Waals surface area contributed by atoms with Gasteiger partial charge in [-0.3, -0.25) is 10.1 Å². The predicted octanol–water partition coefficient (Wildman–Crippen LogP) is 3.50. The molecule has 0 unspecified atom stereocenters. The smallest absolute Gasteiger partial charge is 0.331 e. The summed E-state index contributed by atoms with van der Waals surface area (Å²) in [6.45, 7) is 4.35. The van der Waals surface area contributed by atoms with E-state index >= 15 is 0 Å². The molecule has 0 bridgehead atoms. The Morgan fingerprint density at radius 1 is 1.12 bits per heavy atom. The summed E-state index contributed by atoms with van der Waals surface area (Å²) < 4.78 is 16.0. The van der Waals surface area contributed by atoms with Crippen molar-refractivity contribution >= 4 is 35.0 Å². The number of esters is 1. The summed E-state index contributed by atoms with van der Waals surface area (Å²) in [5, 5.41) is 10.8. The van der Waals surface area contributed by atoms with Crippen LogP contribution in [0.5, 0.6) is 11.5 Å². The third-order valence-electron chi connectivity index (χ3n) is 4.49. The molecule has 2 aromatic rings. The largest absolute Gasteiger partial charge is 0.496 e. The maximum Gasteiger partial charge on any atom is 0.331 e. The van der Waals surface area contributed by atoms with E-state index in [4.69, 9.17) is 9.47 Å². The van der Waals surface area contributed by atoms with E-state index in [0.29, 0.717) is 12.4 Å². The van der Waals surface area contributed by atoms with E-state index < -0.39 is 11.9 Å². The number of amides is 1. The number of rotatable bonds is 7. The van der Waals surface area contributed by atoms with Gasteiger partial charge in [0.25, 0.3) is 5.91 Å². The predicted molar refractivity (Wildman–Crippen MR) is 124 cm³/mol. The fraction of sp³-hybridized carbons (Fsp3) is 0.217. The molecule has 8 nitrogen and oxygen atoms in total. The third kappa shape index (κ3) is 5.98. The highest BCUT2D eigenvalue weighted by Gasteiger charge is 2.25. The zero-order chi connectivity index (χ0) is 23.1. The molecule has 0 radical (unpaired) electrons. The van der Waals surface area contributed by atoms with E-state index in [0.717, 1.165) is 45.8 Å². The van der Waals surface area contributed by atoms with Gasteiger partial charge in [-0.25, -0.2) is 4.79 Å². The Morgan fingerprint density at radius 3 is 2.69 bits per heavy atom. The minimum absolute atomic E-state index is 0.195. The Bertz CT molecular complexity index is 1120. The minimum atomic E-state index is -0.610. The summed E-state index contributed by atoms with van der Waals surface area (Å²) >= 11 is 1.01. The van der Waals surface area contributed by atoms with Crippen LogP contribution in [0.3, 0.4) is 0 Å². The average molecular weight is 454 g/mol. The second-order valence-corrected chi connectivity index (χ2v) is 7.90. The maximum absolute atomic E-state index is 11.8. The van der Waals surface area contributed by atoms with Crippen LogP contribution in [0.2, 0.25) is 0 Å². The summed E-state index contributed by atoms with van der Waals surface area (Å²) in [5.74, 6) is 0.489. The number of carbonyl (C=O) groups excluding carboxylic acids is 2. The normalized spacial score (nSPS) is 15.9. The highest BCUT2D eigenvalue weighted by atomic mass is 32.2. The second-order valence-electron chi connectivity index (χ2n) is 6.87. The lowest BCUT2D eigenvalue weighted by molar-refractivity contribution is -0.135. The number of nitrogens with zero attached hydrogens (tertiary/aromatic N) is 2. The van der Waals surface area contributed by atoms with Gasteiger partial charge in [0, 0.05) is 11.6 Å². The number of benzene rings is 2. The molecule has 1 aliphatic heterocycles. The van der Waals surface area contributed by atoms with Crippen LogP contribution in [0, 0.1) is 13.8 Å². The quantitative estimate of drug-likeness (QED) is 0.298. The average Bonchev–Trinajstić information content (AvgIpc) is 3.13. The van der Waals surface area contributed by atoms with Crippen LogP contribution < -0.4 is 14.8 Å². The first-order valence-electron chi connectivity index (χ1n) is 9.66. The summed E-state index contributed by atoms with van der Waals surface area (Å²) in [6, 6.07) is 11.6. The van der Waals surface area contributed by atoms with Crippen LogP contribution in [-0.4, -0.2) is 37.5 Å². The van der Waals surface area contributed by atoms with Crippen LogP contribution in [-0.2, 0) is 20.9 Å². The molecule has 1 heterocycles. The van der Waals surface area contributed by atoms with Crippen molar-refractivity contribution < 1.29 is 23.8 Å². The van der Waals surface area contributed by atoms with E-state index in [1.165, 1.54) is 7.11 Å². The van der Waals surface area contributed by atoms with E-state index in [1.54, 1.807) is 13.3 Å². The lowest BCUT2D eigenvalue weighted by Crippen LogP contribution is -2.19. The van der Waals surface area contributed by atoms with Gasteiger partial charge in [0.2, 0.25) is 0 Å². The number of methoxy groups -OCH3 is 2. The molecule has 32 heavy (non-hydrogen) atoms. The first-order chi connectivity index (χ1) is 15.4. The molecule has 0 aromatic heterocycles. The lowest BCUT2D eigenvalue weighted by atomic mass is 10.1. The molecular weight excluding hydrogens is 430 g/mol. The van der Waals surface area contributed by atoms with Crippen molar-refractivity contribution in [1.82, 2.24) is 5.32 Å². The van der Waals surface area contributed by atoms with Gasteiger partial charge >= 0.3 is 5.97 Å². The number of hydrogen-bond acceptors (Lipinski definition) is 8. The fourth-order valence-electron chi connectivity index (χ4n) is 2.80. The Balaban J connectivity index is 1.71. The molecule has 1 aliphatic rings. The lowest BCUT2D eigenvalue weighted by Gasteiger charge is -2.13. The minimum Gasteiger partial charge on any atom is -0.496 e. The molecule has 0 aliphatic carbocycles. The first kappa shape index (κ1) is 23.1. The summed E-state index contributed by atoms with van der Waals surface area (Å²) in [5.41, 5.74) is 3.82. The molecule has 0 saturated carbocycles. The van der Waals surface area contributed by atoms with E-state index in [1.807, 2.05) is 50.2 Å². The Kier molecular flexibility index (Phi) is 7.67. The summed E-state index contributed by atoms with van der Waals surface area (Å²) in [6.07, 6.45) is 2.67. The first-order valence-corrected chi connectivity index (χ1v) is 10.5. The van der Waals surface area contributed by atoms with Gasteiger partial charge in [-0.15, -0.1) is 5.10 Å². The zero-order valence-electron chi connectivity index (χ0n) is 18.2. The van der Waals surface area contributed by atoms with Gasteiger partial charge in [-0.05, 0) is 66.6 Å². The fourth-order valence-corrected chi connectivity index (χ4v) is 3.54. The topological polar surface area (TPSA) is 98.6 Å². The van der Waals surface area contributed by atoms with Crippen LogP contribution in [0.25, 0.3) is 0 Å². The third-order valence-corrected chi connectivity index (χ3v) is 5.39. The van der Waals surface area contributed by atoms with Crippen molar-refractivity contribution in [2.24, 2.45) is 10.2 Å². The molecule has 0 atom stereocenters. The van der Waals surface area contributed by atoms with Crippen LogP contribution >= 0.6 is 11.8 Å². The highest BCUT2D eigenvalue weighted by molar-refractivity contribution is 8.18. The molecular formula is C23H23N3O5S. The molecule has 1 N–H and O–H groups in total. The van der Waals surface area contributed by atoms with E-state index in [9.17, 15) is 9.59 Å². The van der Waals surface area contributed by atoms with Crippen molar-refractivity contribution in [3.63, 3.8) is 0 Å². The van der Waals surface area contributed by atoms with E-state index in [2.05, 4.69) is 20.3 Å². The number of ether oxygens (including phenoxy) is 3. The van der Waals surface area contributed by atoms with Crippen molar-refractivity contribution in [1.29, 1.82) is 0 Å². The number of hydrogen-bond donors (Lipinski definition) is 1. The van der Waals surface area contributed by atoms with Crippen molar-refractivity contribution in [3.05, 3.63) is 69.6 Å². The van der Waals surface area contributed by atoms with Crippen molar-refractivity contribution in [3.8, 4) is 11.5 Å². The maximum atomic E-state index is 11.8. The van der Waals surface area contributed by atoms with Crippen molar-refractivity contribution in [2.45, 2.75) is 20.5 Å². The van der Waals surface area contributed by atoms with Gasteiger partial charge in [0.1, 0.15) is 18.1 Å². The molecule has 1 fully saturated rings. The molecule has 166 valence electrons. The second kappa shape index (κ2) is 10.6. The highest BCUT2D eigenvalue weighted by Crippen LogP contribution is 2.25. The van der Waals surface area contributed by atoms with E-state index in [-0.39, 0.29) is 10.1 Å². The van der Waals surface area contributed by atoms with Crippen molar-refractivity contribution in [2.75, 3.05) is 14.2 Å². The summed E-state index contributed by atoms with van der Waals surface area (Å²) in [4.78, 5) is 23.3. The number of amidine groups is 1. The van der Waals surface area contributed by atoms with Gasteiger partial charge < -0.3 is 14.2 Å². The van der Waals surface area contributed by atoms with Crippen LogP contribution in [0.4, 0.5) is 0 Å². The van der Waals surface area contributed by atoms with Gasteiger partial charge in [0.05, 0.1) is 25.3 Å². The molecule has 0 spiro atoms. The SMILES string of the molecule is COC(=O)/C=C1/S/C(=N\N=Cc2ccc(OC)c(COc3cc(C)ccc3C)c2)NC1=O. The zero-order valence-corrected chi connectivity index (χ0v) is 19.0. The molecule has 2 aromatic carbocycles. The van der Waals surface area contributed by atoms with Gasteiger partial charge in [-0.1, -0.05) is 12.1 Å². The van der Waals surface area contributed by atoms with Crippen LogP contribution in [0.15, 0.2) is 57.6 Å². The molecule has 1 saturated heterocycles. The number of aryl methyl sites for hydroxylation is 2. The monoisotopic (exact) mass is 453 g/mol. The number of carbonyl (C=O) groups is 2. The van der Waals surface area contributed by atoms with Gasteiger partial charge in [0.15, 0.2) is 5.17 Å². The number of nitrogens with one attached hydrogen (secondary N) is 1. The molecule has 3 rings (SSSR count).